The molecule has 0 aliphatic carbocycles. The molecule has 2 amide bonds. The van der Waals surface area contributed by atoms with Gasteiger partial charge >= 0.3 is 5.69 Å². The van der Waals surface area contributed by atoms with E-state index in [0.717, 1.165) is 42.4 Å². The van der Waals surface area contributed by atoms with Crippen molar-refractivity contribution in [3.63, 3.8) is 0 Å². The number of carbonyl (C=O) groups is 2. The van der Waals surface area contributed by atoms with Crippen LogP contribution in [0, 0.1) is 18.3 Å². The monoisotopic (exact) mass is 1160 g/mol. The Kier molecular flexibility index (Phi) is 23.0. The summed E-state index contributed by atoms with van der Waals surface area (Å²) in [5.41, 5.74) is -0.963. The van der Waals surface area contributed by atoms with Gasteiger partial charge < -0.3 is 33.3 Å². The predicted octanol–water partition coefficient (Wildman–Crippen LogP) is 10.3. The summed E-state index contributed by atoms with van der Waals surface area (Å²) in [6.07, 6.45) is 14.6. The third-order valence-corrected chi connectivity index (χ3v) is 16.2. The SMILES string of the molecule is CCCCCCCCCCCCCCCCCN(C[C@H]1[CH][C@@H](F)[C@H](n2cnc3c(=O)[nH]c(NC(=O)C(C)C)nc32)O1)C(=O)C[C@H]1[C@@H](OC)[C@H](n2ccc(=O)[nH]c2=O)O[C@@H]1COC(c1ccccc1)(c1ccc(OC)cc1)c1ccc(OC)cc1. The molecule has 7 atom stereocenters. The molecule has 2 aliphatic heterocycles. The Balaban J connectivity index is 1.06. The minimum absolute atomic E-state index is 0.0109. The van der Waals surface area contributed by atoms with Crippen molar-refractivity contribution in [3.8, 4) is 11.5 Å². The number of alkyl halides is 1. The molecule has 2 fully saturated rings. The maximum absolute atomic E-state index is 16.4. The van der Waals surface area contributed by atoms with Gasteiger partial charge in [0.2, 0.25) is 17.8 Å². The zero-order valence-electron chi connectivity index (χ0n) is 49.5. The van der Waals surface area contributed by atoms with E-state index < -0.39 is 71.2 Å². The fourth-order valence-electron chi connectivity index (χ4n) is 11.5. The smallest absolute Gasteiger partial charge is 0.330 e. The number of amides is 2. The highest BCUT2D eigenvalue weighted by atomic mass is 19.1. The predicted molar refractivity (Wildman–Crippen MR) is 319 cm³/mol. The molecule has 8 rings (SSSR count). The summed E-state index contributed by atoms with van der Waals surface area (Å²) < 4.78 is 57.0. The average molecular weight is 1160 g/mol. The second-order valence-corrected chi connectivity index (χ2v) is 22.3. The highest BCUT2D eigenvalue weighted by molar-refractivity contribution is 5.91. The normalized spacial score (nSPS) is 19.7. The van der Waals surface area contributed by atoms with Gasteiger partial charge in [-0.25, -0.2) is 14.2 Å². The van der Waals surface area contributed by atoms with Crippen LogP contribution in [0.3, 0.4) is 0 Å². The van der Waals surface area contributed by atoms with Crippen molar-refractivity contribution >= 4 is 28.9 Å². The molecular weight excluding hydrogens is 1080 g/mol. The quantitative estimate of drug-likeness (QED) is 0.0258. The van der Waals surface area contributed by atoms with Crippen molar-refractivity contribution in [2.24, 2.45) is 11.8 Å². The summed E-state index contributed by atoms with van der Waals surface area (Å²) in [4.78, 5) is 82.3. The number of methoxy groups -OCH3 is 3. The maximum Gasteiger partial charge on any atom is 0.330 e. The van der Waals surface area contributed by atoms with Crippen LogP contribution in [0.25, 0.3) is 11.2 Å². The minimum atomic E-state index is -1.70. The lowest BCUT2D eigenvalue weighted by Crippen LogP contribution is -2.43. The Morgan fingerprint density at radius 3 is 1.88 bits per heavy atom. The second kappa shape index (κ2) is 30.7. The van der Waals surface area contributed by atoms with Gasteiger partial charge in [-0.05, 0) is 47.4 Å². The summed E-state index contributed by atoms with van der Waals surface area (Å²) in [6.45, 7) is 5.83. The lowest BCUT2D eigenvalue weighted by molar-refractivity contribution is -0.136. The number of H-pyrrole nitrogens is 2. The Bertz CT molecular complexity index is 3160. The van der Waals surface area contributed by atoms with Gasteiger partial charge in [-0.1, -0.05) is 165 Å². The molecule has 6 aromatic rings. The van der Waals surface area contributed by atoms with Gasteiger partial charge in [-0.2, -0.15) is 4.98 Å². The molecule has 453 valence electrons. The van der Waals surface area contributed by atoms with E-state index in [1.54, 1.807) is 33.0 Å². The summed E-state index contributed by atoms with van der Waals surface area (Å²) >= 11 is 0. The van der Waals surface area contributed by atoms with E-state index in [0.29, 0.717) is 24.5 Å². The van der Waals surface area contributed by atoms with Crippen molar-refractivity contribution < 1.29 is 42.4 Å². The van der Waals surface area contributed by atoms with Gasteiger partial charge in [0.15, 0.2) is 29.8 Å². The fraction of sp³-hybridized carbons (Fsp3) is 0.531. The third-order valence-electron chi connectivity index (χ3n) is 16.2. The number of rotatable bonds is 33. The Hall–Kier alpha value is -7.00. The molecule has 19 nitrogen and oxygen atoms in total. The molecular formula is C64H84FN8O11. The zero-order valence-corrected chi connectivity index (χ0v) is 49.5. The van der Waals surface area contributed by atoms with E-state index in [1.165, 1.54) is 105 Å². The van der Waals surface area contributed by atoms with Crippen LogP contribution >= 0.6 is 0 Å². The van der Waals surface area contributed by atoms with Gasteiger partial charge in [0.05, 0.1) is 39.4 Å². The summed E-state index contributed by atoms with van der Waals surface area (Å²) in [5.74, 6) is -0.658. The van der Waals surface area contributed by atoms with Crippen LogP contribution in [0.15, 0.2) is 112 Å². The average Bonchev–Trinajstić information content (AvgIpc) is 3.04. The number of anilines is 1. The van der Waals surface area contributed by atoms with E-state index in [4.69, 9.17) is 28.4 Å². The first-order valence-corrected chi connectivity index (χ1v) is 30.0. The number of nitrogens with zero attached hydrogens (tertiary/aromatic N) is 5. The number of aromatic nitrogens is 6. The Morgan fingerprint density at radius 1 is 0.738 bits per heavy atom. The van der Waals surface area contributed by atoms with E-state index in [9.17, 15) is 19.2 Å². The van der Waals surface area contributed by atoms with Crippen LogP contribution in [-0.2, 0) is 34.1 Å². The van der Waals surface area contributed by atoms with E-state index >= 15 is 9.18 Å². The van der Waals surface area contributed by atoms with Gasteiger partial charge in [-0.3, -0.25) is 43.6 Å². The van der Waals surface area contributed by atoms with Gasteiger partial charge in [-0.15, -0.1) is 0 Å². The lowest BCUT2D eigenvalue weighted by Gasteiger charge is -2.37. The number of hydrogen-bond acceptors (Lipinski definition) is 13. The largest absolute Gasteiger partial charge is 0.497 e. The molecule has 5 heterocycles. The fourth-order valence-corrected chi connectivity index (χ4v) is 11.5. The van der Waals surface area contributed by atoms with Crippen LogP contribution in [0.4, 0.5) is 10.3 Å². The minimum Gasteiger partial charge on any atom is -0.497 e. The second-order valence-electron chi connectivity index (χ2n) is 22.3. The van der Waals surface area contributed by atoms with E-state index in [-0.39, 0.29) is 48.5 Å². The third kappa shape index (κ3) is 15.6. The molecule has 2 aliphatic rings. The van der Waals surface area contributed by atoms with Crippen LogP contribution in [0.5, 0.6) is 11.5 Å². The van der Waals surface area contributed by atoms with Crippen molar-refractivity contribution in [2.75, 3.05) is 46.3 Å². The Labute approximate surface area is 491 Å². The number of halogens is 1. The molecule has 2 saturated heterocycles. The molecule has 3 aromatic carbocycles. The van der Waals surface area contributed by atoms with Crippen LogP contribution in [0.2, 0.25) is 0 Å². The Morgan fingerprint density at radius 2 is 1.32 bits per heavy atom. The first-order valence-electron chi connectivity index (χ1n) is 30.0. The summed E-state index contributed by atoms with van der Waals surface area (Å²) in [6, 6.07) is 26.2. The number of imidazole rings is 1. The molecule has 3 aromatic heterocycles. The van der Waals surface area contributed by atoms with E-state index in [2.05, 4.69) is 32.2 Å². The number of nitrogens with one attached hydrogen (secondary N) is 3. The molecule has 0 unspecified atom stereocenters. The summed E-state index contributed by atoms with van der Waals surface area (Å²) in [5, 5.41) is 2.60. The maximum atomic E-state index is 16.4. The number of benzene rings is 3. The van der Waals surface area contributed by atoms with E-state index in [1.807, 2.05) is 78.9 Å². The van der Waals surface area contributed by atoms with Crippen molar-refractivity contribution in [1.29, 1.82) is 0 Å². The van der Waals surface area contributed by atoms with Gasteiger partial charge in [0.1, 0.15) is 23.2 Å². The highest BCUT2D eigenvalue weighted by Gasteiger charge is 2.50. The molecule has 20 heteroatoms. The van der Waals surface area contributed by atoms with Crippen LogP contribution in [0.1, 0.15) is 153 Å². The van der Waals surface area contributed by atoms with Gasteiger partial charge in [0.25, 0.3) is 11.1 Å². The number of unbranched alkanes of at least 4 members (excludes halogenated alkanes) is 14. The number of ether oxygens (including phenoxy) is 6. The lowest BCUT2D eigenvalue weighted by atomic mass is 9.79. The van der Waals surface area contributed by atoms with Crippen molar-refractivity contribution in [2.45, 2.75) is 166 Å². The first-order chi connectivity index (χ1) is 40.8. The van der Waals surface area contributed by atoms with Crippen molar-refractivity contribution in [1.82, 2.24) is 34.0 Å². The highest BCUT2D eigenvalue weighted by Crippen LogP contribution is 2.45. The zero-order chi connectivity index (χ0) is 59.6. The molecule has 1 radical (unpaired) electrons. The molecule has 0 spiro atoms. The number of carbonyl (C=O) groups excluding carboxylic acids is 2. The first kappa shape index (κ1) is 63.0. The van der Waals surface area contributed by atoms with Gasteiger partial charge in [0, 0.05) is 57.1 Å². The standard InChI is InChI=1S/C64H84FN8O11/c1-7-8-9-10-11-12-13-14-15-16-17-18-19-20-24-36-71(40-49-38-51(65)60(83-49)73-42-66-55-57(73)68-62(70-59(55)77)69-58(76)43(2)3)54(75)39-50-52(84-61(56(50)81-6)72-37-35-53(74)67-63(72)78)41-82-64(44-25-22-21-23-26-44,45-27-31-47(79-4)32-28-45)46-29-33-48(80-5)34-30-46/h21-23,25-35,37-38,42-43,49-52,56,60-61H,7-20,24,36,39-41H2,1-6H3,(H,67,74,78)(H2,68,69,70,76,77)/t49-,50-,51-,52-,56-,60-,61-/m1/s1. The molecule has 0 saturated carbocycles. The molecule has 0 bridgehead atoms. The number of hydrogen-bond donors (Lipinski definition) is 3. The molecule has 84 heavy (non-hydrogen) atoms. The summed E-state index contributed by atoms with van der Waals surface area (Å²) in [7, 11) is 4.69. The number of fused-ring (bicyclic) bond motifs is 1. The molecule has 3 N–H and O–H groups in total. The van der Waals surface area contributed by atoms with Crippen molar-refractivity contribution in [3.05, 3.63) is 152 Å². The topological polar surface area (TPSA) is 223 Å². The number of aromatic amines is 2. The van der Waals surface area contributed by atoms with Crippen LogP contribution < -0.4 is 31.6 Å². The van der Waals surface area contributed by atoms with Crippen LogP contribution in [-0.4, -0.2) is 111 Å².